The number of nitrogens with one attached hydrogen (secondary N) is 1. The molecule has 1 saturated heterocycles. The summed E-state index contributed by atoms with van der Waals surface area (Å²) >= 11 is 0. The Morgan fingerprint density at radius 1 is 0.500 bits per heavy atom. The van der Waals surface area contributed by atoms with Crippen LogP contribution in [0.2, 0.25) is 0 Å². The summed E-state index contributed by atoms with van der Waals surface area (Å²) in [4.78, 5) is 26.6. The van der Waals surface area contributed by atoms with Crippen LogP contribution < -0.4 is 5.32 Å². The van der Waals surface area contributed by atoms with Crippen molar-refractivity contribution >= 4 is 11.9 Å². The minimum absolute atomic E-state index is 0.113. The van der Waals surface area contributed by atoms with Gasteiger partial charge in [0.05, 0.1) is 25.4 Å². The second-order valence-electron chi connectivity index (χ2n) is 22.8. The highest BCUT2D eigenvalue weighted by Gasteiger charge is 2.47. The topological polar surface area (TPSA) is 175 Å². The van der Waals surface area contributed by atoms with Crippen molar-refractivity contribution in [3.8, 4) is 0 Å². The number of esters is 1. The monoisotopic (exact) mass is 1130 g/mol. The SMILES string of the molecule is CC/C=C/C/C=C/CCCCCCCCCC(=O)OC1C(OCC(NC(=O)C(O)CCCCCCCCCCCCCCC/C=C\C/C=C\C/C=C\CCCCC)C(O)/C=C/CCCCCCCCCCC)OC(CO)C(O)C1O. The largest absolute Gasteiger partial charge is 0.454 e. The third-order valence-electron chi connectivity index (χ3n) is 15.3. The van der Waals surface area contributed by atoms with E-state index in [2.05, 4.69) is 86.8 Å². The van der Waals surface area contributed by atoms with E-state index in [1.54, 1.807) is 6.08 Å². The normalized spacial score (nSPS) is 19.2. The number of ether oxygens (including phenoxy) is 3. The zero-order chi connectivity index (χ0) is 58.2. The Balaban J connectivity index is 2.56. The first-order valence-electron chi connectivity index (χ1n) is 33.2. The van der Waals surface area contributed by atoms with E-state index in [1.807, 2.05) is 6.08 Å². The van der Waals surface area contributed by atoms with Gasteiger partial charge in [0.1, 0.15) is 24.4 Å². The number of aliphatic hydroxyl groups is 5. The van der Waals surface area contributed by atoms with Crippen LogP contribution in [0.4, 0.5) is 0 Å². The molecule has 464 valence electrons. The molecule has 0 aromatic heterocycles. The summed E-state index contributed by atoms with van der Waals surface area (Å²) in [6.45, 7) is 5.66. The average Bonchev–Trinajstić information content (AvgIpc) is 3.46. The average molecular weight is 1130 g/mol. The highest BCUT2D eigenvalue weighted by atomic mass is 16.7. The van der Waals surface area contributed by atoms with Crippen molar-refractivity contribution in [1.82, 2.24) is 5.32 Å². The number of amides is 1. The molecule has 11 heteroatoms. The maximum Gasteiger partial charge on any atom is 0.306 e. The van der Waals surface area contributed by atoms with Gasteiger partial charge in [-0.1, -0.05) is 267 Å². The number of carbonyl (C=O) groups excluding carboxylic acids is 2. The molecule has 1 rings (SSSR count). The van der Waals surface area contributed by atoms with E-state index in [1.165, 1.54) is 148 Å². The predicted molar refractivity (Wildman–Crippen MR) is 333 cm³/mol. The third kappa shape index (κ3) is 43.7. The van der Waals surface area contributed by atoms with Crippen LogP contribution in [0.25, 0.3) is 0 Å². The molecular weight excluding hydrogens is 1000 g/mol. The van der Waals surface area contributed by atoms with Crippen LogP contribution in [0.1, 0.15) is 290 Å². The van der Waals surface area contributed by atoms with Crippen LogP contribution in [0.3, 0.4) is 0 Å². The Hall–Kier alpha value is -2.90. The van der Waals surface area contributed by atoms with Gasteiger partial charge in [-0.2, -0.15) is 0 Å². The van der Waals surface area contributed by atoms with Crippen molar-refractivity contribution in [2.24, 2.45) is 0 Å². The minimum Gasteiger partial charge on any atom is -0.454 e. The molecule has 80 heavy (non-hydrogen) atoms. The summed E-state index contributed by atoms with van der Waals surface area (Å²) < 4.78 is 17.6. The molecule has 0 saturated carbocycles. The van der Waals surface area contributed by atoms with Gasteiger partial charge in [-0.05, 0) is 89.9 Å². The van der Waals surface area contributed by atoms with Crippen molar-refractivity contribution in [3.63, 3.8) is 0 Å². The summed E-state index contributed by atoms with van der Waals surface area (Å²) in [6.07, 6.45) is 62.4. The number of aliphatic hydroxyl groups excluding tert-OH is 5. The standard InChI is InChI=1S/C69H123NO10/c1-4-7-10-13-16-19-22-24-26-27-28-29-30-31-32-33-34-35-36-37-38-41-44-47-50-53-56-62(73)68(77)70-60(61(72)55-52-49-46-43-40-21-18-15-12-9-6-3)59-78-69-67(66(76)65(75)63(58-71)79-69)80-64(74)57-54-51-48-45-42-39-25-23-20-17-14-11-8-5-2/h8,11,16-17,19-20,24,26,28-29,52,55,60-63,65-67,69,71-73,75-76H,4-7,9-10,12-15,18,21-23,25,27,30-51,53-54,56-59H2,1-3H3,(H,70,77)/b11-8+,19-16-,20-17+,26-24-,29-28-,55-52+. The van der Waals surface area contributed by atoms with E-state index in [-0.39, 0.29) is 19.4 Å². The van der Waals surface area contributed by atoms with E-state index in [9.17, 15) is 35.1 Å². The van der Waals surface area contributed by atoms with Crippen LogP contribution in [0.5, 0.6) is 0 Å². The van der Waals surface area contributed by atoms with Gasteiger partial charge in [-0.15, -0.1) is 0 Å². The van der Waals surface area contributed by atoms with Crippen molar-refractivity contribution < 1.29 is 49.3 Å². The van der Waals surface area contributed by atoms with E-state index in [0.29, 0.717) is 12.8 Å². The maximum absolute atomic E-state index is 13.4. The summed E-state index contributed by atoms with van der Waals surface area (Å²) in [6, 6.07) is -1.03. The second kappa shape index (κ2) is 56.6. The highest BCUT2D eigenvalue weighted by molar-refractivity contribution is 5.80. The Labute approximate surface area is 490 Å². The fourth-order valence-electron chi connectivity index (χ4n) is 10.1. The first-order chi connectivity index (χ1) is 39.2. The van der Waals surface area contributed by atoms with Crippen LogP contribution in [-0.2, 0) is 23.8 Å². The van der Waals surface area contributed by atoms with Crippen molar-refractivity contribution in [3.05, 3.63) is 72.9 Å². The second-order valence-corrected chi connectivity index (χ2v) is 22.8. The Bertz CT molecular complexity index is 1580. The zero-order valence-electron chi connectivity index (χ0n) is 51.4. The molecule has 0 radical (unpaired) electrons. The lowest BCUT2D eigenvalue weighted by Crippen LogP contribution is -2.61. The van der Waals surface area contributed by atoms with E-state index < -0.39 is 67.4 Å². The lowest BCUT2D eigenvalue weighted by molar-refractivity contribution is -0.305. The molecule has 0 aromatic carbocycles. The Morgan fingerprint density at radius 2 is 0.900 bits per heavy atom. The summed E-state index contributed by atoms with van der Waals surface area (Å²) in [7, 11) is 0. The summed E-state index contributed by atoms with van der Waals surface area (Å²) in [5.41, 5.74) is 0. The van der Waals surface area contributed by atoms with E-state index in [4.69, 9.17) is 14.2 Å². The third-order valence-corrected chi connectivity index (χ3v) is 15.3. The minimum atomic E-state index is -1.62. The zero-order valence-corrected chi connectivity index (χ0v) is 51.4. The molecule has 0 spiro atoms. The molecule has 1 fully saturated rings. The van der Waals surface area contributed by atoms with Crippen molar-refractivity contribution in [2.75, 3.05) is 13.2 Å². The molecular formula is C69H123NO10. The smallest absolute Gasteiger partial charge is 0.306 e. The highest BCUT2D eigenvalue weighted by Crippen LogP contribution is 2.26. The van der Waals surface area contributed by atoms with Gasteiger partial charge in [-0.25, -0.2) is 0 Å². The molecule has 0 aromatic rings. The van der Waals surface area contributed by atoms with Gasteiger partial charge in [0.2, 0.25) is 5.91 Å². The number of carbonyl (C=O) groups is 2. The first kappa shape index (κ1) is 75.1. The Kier molecular flexibility index (Phi) is 53.1. The van der Waals surface area contributed by atoms with Gasteiger partial charge in [0, 0.05) is 6.42 Å². The van der Waals surface area contributed by atoms with Gasteiger partial charge in [0.15, 0.2) is 12.4 Å². The number of hydrogen-bond acceptors (Lipinski definition) is 10. The summed E-state index contributed by atoms with van der Waals surface area (Å²) in [5.74, 6) is -1.20. The fourth-order valence-corrected chi connectivity index (χ4v) is 10.1. The maximum atomic E-state index is 13.4. The molecule has 1 aliphatic heterocycles. The number of allylic oxidation sites excluding steroid dienone is 11. The molecule has 1 aliphatic rings. The predicted octanol–water partition coefficient (Wildman–Crippen LogP) is 16.3. The molecule has 0 aliphatic carbocycles. The molecule has 1 heterocycles. The van der Waals surface area contributed by atoms with Crippen molar-refractivity contribution in [1.29, 1.82) is 0 Å². The fraction of sp³-hybridized carbons (Fsp3) is 0.797. The Morgan fingerprint density at radius 3 is 1.38 bits per heavy atom. The van der Waals surface area contributed by atoms with E-state index in [0.717, 1.165) is 96.3 Å². The number of rotatable bonds is 56. The van der Waals surface area contributed by atoms with Gasteiger partial charge < -0.3 is 45.1 Å². The number of hydrogen-bond donors (Lipinski definition) is 6. The number of unbranched alkanes of at least 4 members (excludes halogenated alkanes) is 32. The van der Waals surface area contributed by atoms with Gasteiger partial charge in [-0.3, -0.25) is 9.59 Å². The molecule has 0 bridgehead atoms. The van der Waals surface area contributed by atoms with Gasteiger partial charge in [0.25, 0.3) is 0 Å². The van der Waals surface area contributed by atoms with Crippen molar-refractivity contribution in [2.45, 2.75) is 339 Å². The van der Waals surface area contributed by atoms with E-state index >= 15 is 0 Å². The molecule has 1 amide bonds. The van der Waals surface area contributed by atoms with Crippen LogP contribution >= 0.6 is 0 Å². The first-order valence-corrected chi connectivity index (χ1v) is 33.2. The molecule has 6 N–H and O–H groups in total. The quantitative estimate of drug-likeness (QED) is 0.0195. The van der Waals surface area contributed by atoms with Crippen LogP contribution in [-0.4, -0.2) is 99.6 Å². The van der Waals surface area contributed by atoms with Crippen LogP contribution in [0.15, 0.2) is 72.9 Å². The lowest BCUT2D eigenvalue weighted by atomic mass is 9.99. The lowest BCUT2D eigenvalue weighted by Gasteiger charge is -2.41. The molecule has 11 nitrogen and oxygen atoms in total. The molecule has 8 unspecified atom stereocenters. The summed E-state index contributed by atoms with van der Waals surface area (Å²) in [5, 5.41) is 57.0. The van der Waals surface area contributed by atoms with Gasteiger partial charge >= 0.3 is 5.97 Å². The van der Waals surface area contributed by atoms with Crippen LogP contribution in [0, 0.1) is 0 Å². The molecule has 8 atom stereocenters.